The minimum Gasteiger partial charge on any atom is -0.458 e. The quantitative estimate of drug-likeness (QED) is 0.102. The number of aliphatic hydroxyl groups is 7. The van der Waals surface area contributed by atoms with E-state index >= 15 is 0 Å². The van der Waals surface area contributed by atoms with Crippen molar-refractivity contribution >= 4 is 12.3 Å². The molecule has 49 heavy (non-hydrogen) atoms. The Labute approximate surface area is 285 Å². The predicted molar refractivity (Wildman–Crippen MR) is 166 cm³/mol. The Balaban J connectivity index is 1.00. The summed E-state index contributed by atoms with van der Waals surface area (Å²) in [6.07, 6.45) is -4.38. The second-order valence-corrected chi connectivity index (χ2v) is 16.1. The summed E-state index contributed by atoms with van der Waals surface area (Å²) in [5, 5.41) is 75.9. The molecular formula is C35H52O14. The zero-order valence-electron chi connectivity index (χ0n) is 28.1. The molecule has 7 rings (SSSR count). The lowest BCUT2D eigenvalue weighted by Crippen LogP contribution is -2.69. The molecule has 0 aromatic carbocycles. The van der Waals surface area contributed by atoms with E-state index in [1.165, 1.54) is 0 Å². The number of carbonyl (C=O) groups is 2. The predicted octanol–water partition coefficient (Wildman–Crippen LogP) is -0.397. The Bertz CT molecular complexity index is 1300. The topological polar surface area (TPSA) is 222 Å². The van der Waals surface area contributed by atoms with Crippen molar-refractivity contribution in [3.8, 4) is 0 Å². The maximum Gasteiger partial charge on any atom is 0.331 e. The minimum absolute atomic E-state index is 0.00470. The Morgan fingerprint density at radius 1 is 0.939 bits per heavy atom. The van der Waals surface area contributed by atoms with Gasteiger partial charge in [-0.1, -0.05) is 6.92 Å². The zero-order valence-corrected chi connectivity index (χ0v) is 28.1. The first-order valence-electron chi connectivity index (χ1n) is 17.9. The number of esters is 1. The van der Waals surface area contributed by atoms with Crippen molar-refractivity contribution in [1.82, 2.24) is 0 Å². The molecule has 4 aliphatic carbocycles. The maximum absolute atomic E-state index is 13.2. The zero-order chi connectivity index (χ0) is 35.1. The first-order chi connectivity index (χ1) is 23.2. The Hall–Kier alpha value is -1.56. The summed E-state index contributed by atoms with van der Waals surface area (Å²) >= 11 is 0. The molecule has 2 saturated heterocycles. The van der Waals surface area contributed by atoms with Gasteiger partial charge in [-0.2, -0.15) is 0 Å². The van der Waals surface area contributed by atoms with Crippen molar-refractivity contribution < 1.29 is 69.0 Å². The number of aliphatic hydroxyl groups excluding tert-OH is 5. The third kappa shape index (κ3) is 5.47. The lowest BCUT2D eigenvalue weighted by atomic mass is 9.41. The van der Waals surface area contributed by atoms with E-state index in [2.05, 4.69) is 6.92 Å². The average molecular weight is 697 g/mol. The molecule has 3 heterocycles. The number of rotatable bonds is 7. The molecule has 7 aliphatic rings. The maximum atomic E-state index is 13.2. The molecule has 0 aromatic heterocycles. The van der Waals surface area contributed by atoms with Crippen LogP contribution in [-0.2, 0) is 33.3 Å². The number of cyclic esters (lactones) is 1. The van der Waals surface area contributed by atoms with Gasteiger partial charge in [0.1, 0.15) is 43.4 Å². The molecule has 3 aliphatic heterocycles. The van der Waals surface area contributed by atoms with E-state index in [0.29, 0.717) is 44.9 Å². The van der Waals surface area contributed by atoms with Gasteiger partial charge in [-0.3, -0.25) is 0 Å². The smallest absolute Gasteiger partial charge is 0.331 e. The number of hydrogen-bond donors (Lipinski definition) is 7. The standard InChI is InChI=1S/C35H52O14/c1-17-30(49-31-29(42)28(41)27(40)24(14-36)48-31)23(38)12-26(46-17)47-19-3-8-33(16-37)21-4-7-32(2)20(18-11-25(39)45-15-18)6-10-35(32,44)22(21)5-9-34(33,43)13-19/h11,16-17,19-24,26-31,36,38,40-44H,3-10,12-15H2,1-2H3/t17-,19+,20-,21+,22+,23+,24-,26+,27-,28+,29-,30-,31+,32-,33+,34+,35+/m1/s1. The molecule has 0 bridgehead atoms. The van der Waals surface area contributed by atoms with Crippen LogP contribution in [0.3, 0.4) is 0 Å². The summed E-state index contributed by atoms with van der Waals surface area (Å²) in [6.45, 7) is 3.42. The summed E-state index contributed by atoms with van der Waals surface area (Å²) < 4.78 is 28.9. The largest absolute Gasteiger partial charge is 0.458 e. The van der Waals surface area contributed by atoms with E-state index < -0.39 is 90.1 Å². The molecule has 0 unspecified atom stereocenters. The highest BCUT2D eigenvalue weighted by atomic mass is 16.7. The normalized spacial score (nSPS) is 54.3. The Morgan fingerprint density at radius 2 is 1.69 bits per heavy atom. The van der Waals surface area contributed by atoms with Gasteiger partial charge in [-0.25, -0.2) is 4.79 Å². The molecule has 17 atom stereocenters. The van der Waals surface area contributed by atoms with Gasteiger partial charge >= 0.3 is 5.97 Å². The highest BCUT2D eigenvalue weighted by Gasteiger charge is 2.71. The summed E-state index contributed by atoms with van der Waals surface area (Å²) in [5.74, 6) is -0.688. The number of hydrogen-bond acceptors (Lipinski definition) is 14. The van der Waals surface area contributed by atoms with E-state index in [9.17, 15) is 45.3 Å². The van der Waals surface area contributed by atoms with Crippen LogP contribution in [0.15, 0.2) is 11.6 Å². The van der Waals surface area contributed by atoms with Gasteiger partial charge in [0.25, 0.3) is 0 Å². The first kappa shape index (κ1) is 35.8. The van der Waals surface area contributed by atoms with E-state index in [4.69, 9.17) is 23.7 Å². The monoisotopic (exact) mass is 696 g/mol. The van der Waals surface area contributed by atoms with Crippen molar-refractivity contribution in [2.24, 2.45) is 28.6 Å². The first-order valence-corrected chi connectivity index (χ1v) is 17.9. The average Bonchev–Trinajstić information content (AvgIpc) is 3.61. The Morgan fingerprint density at radius 3 is 2.37 bits per heavy atom. The van der Waals surface area contributed by atoms with Crippen molar-refractivity contribution in [3.05, 3.63) is 11.6 Å². The van der Waals surface area contributed by atoms with Crippen molar-refractivity contribution in [2.45, 2.75) is 151 Å². The minimum atomic E-state index is -1.62. The van der Waals surface area contributed by atoms with E-state index in [1.54, 1.807) is 13.0 Å². The van der Waals surface area contributed by atoms with Gasteiger partial charge in [-0.15, -0.1) is 0 Å². The molecule has 14 nitrogen and oxygen atoms in total. The highest BCUT2D eigenvalue weighted by molar-refractivity contribution is 5.85. The number of ether oxygens (including phenoxy) is 5. The molecule has 6 fully saturated rings. The fourth-order valence-corrected chi connectivity index (χ4v) is 11.3. The van der Waals surface area contributed by atoms with E-state index in [0.717, 1.165) is 18.3 Å². The molecule has 0 aromatic rings. The second kappa shape index (κ2) is 12.8. The summed E-state index contributed by atoms with van der Waals surface area (Å²) in [4.78, 5) is 25.0. The fourth-order valence-electron chi connectivity index (χ4n) is 11.3. The molecule has 0 radical (unpaired) electrons. The van der Waals surface area contributed by atoms with Gasteiger partial charge in [0.05, 0.1) is 41.5 Å². The van der Waals surface area contributed by atoms with Crippen molar-refractivity contribution in [2.75, 3.05) is 13.2 Å². The fraction of sp³-hybridized carbons (Fsp3) is 0.886. The van der Waals surface area contributed by atoms with Gasteiger partial charge in [0, 0.05) is 24.3 Å². The number of fused-ring (bicyclic) bond motifs is 5. The molecule has 0 amide bonds. The third-order valence-electron chi connectivity index (χ3n) is 14.0. The van der Waals surface area contributed by atoms with Crippen molar-refractivity contribution in [1.29, 1.82) is 0 Å². The van der Waals surface area contributed by atoms with Gasteiger partial charge in [0.15, 0.2) is 12.6 Å². The number of carbonyl (C=O) groups excluding carboxylic acids is 2. The number of aldehydes is 1. The Kier molecular flexibility index (Phi) is 9.38. The van der Waals surface area contributed by atoms with Gasteiger partial charge in [-0.05, 0) is 81.6 Å². The third-order valence-corrected chi connectivity index (χ3v) is 14.0. The van der Waals surface area contributed by atoms with Crippen LogP contribution in [0.4, 0.5) is 0 Å². The highest BCUT2D eigenvalue weighted by Crippen LogP contribution is 2.70. The SMILES string of the molecule is C[C@H]1O[C@@H](O[C@H]2CC[C@]3(C=O)[C@H]4CC[C@]5(C)[C@@H](C6=CC(=O)OC6)CC[C@]5(O)[C@H]4CC[C@]3(O)C2)C[C@H](O)[C@@H]1O[C@@H]1O[C@H](CO)[C@@H](O)[C@H](O)[C@H]1O. The molecule has 0 spiro atoms. The van der Waals surface area contributed by atoms with Crippen LogP contribution in [-0.4, -0.2) is 134 Å². The van der Waals surface area contributed by atoms with Crippen LogP contribution in [0.1, 0.15) is 78.1 Å². The molecule has 7 N–H and O–H groups in total. The summed E-state index contributed by atoms with van der Waals surface area (Å²) in [5.41, 5.74) is -2.94. The summed E-state index contributed by atoms with van der Waals surface area (Å²) in [7, 11) is 0. The molecule has 276 valence electrons. The van der Waals surface area contributed by atoms with Crippen LogP contribution < -0.4 is 0 Å². The molecule has 4 saturated carbocycles. The van der Waals surface area contributed by atoms with Crippen LogP contribution in [0, 0.1) is 28.6 Å². The summed E-state index contributed by atoms with van der Waals surface area (Å²) in [6, 6.07) is 0. The lowest BCUT2D eigenvalue weighted by Gasteiger charge is -2.65. The van der Waals surface area contributed by atoms with E-state index in [1.807, 2.05) is 0 Å². The van der Waals surface area contributed by atoms with Crippen LogP contribution >= 0.6 is 0 Å². The molecule has 14 heteroatoms. The van der Waals surface area contributed by atoms with Gasteiger partial charge < -0.3 is 64.2 Å². The van der Waals surface area contributed by atoms with Crippen molar-refractivity contribution in [3.63, 3.8) is 0 Å². The van der Waals surface area contributed by atoms with E-state index in [-0.39, 0.29) is 43.2 Å². The van der Waals surface area contributed by atoms with Crippen LogP contribution in [0.25, 0.3) is 0 Å². The second-order valence-electron chi connectivity index (χ2n) is 16.1. The molecular weight excluding hydrogens is 644 g/mol. The van der Waals surface area contributed by atoms with Gasteiger partial charge in [0.2, 0.25) is 0 Å². The van der Waals surface area contributed by atoms with Crippen LogP contribution in [0.5, 0.6) is 0 Å². The van der Waals surface area contributed by atoms with Crippen LogP contribution in [0.2, 0.25) is 0 Å². The lowest BCUT2D eigenvalue weighted by molar-refractivity contribution is -0.345.